The van der Waals surface area contributed by atoms with Crippen molar-refractivity contribution in [1.82, 2.24) is 9.66 Å². The van der Waals surface area contributed by atoms with E-state index in [0.29, 0.717) is 22.6 Å². The zero-order chi connectivity index (χ0) is 21.3. The Hall–Kier alpha value is -3.95. The van der Waals surface area contributed by atoms with Crippen LogP contribution in [0, 0.1) is 24.0 Å². The summed E-state index contributed by atoms with van der Waals surface area (Å²) in [5, 5.41) is 25.6. The quantitative estimate of drug-likeness (QED) is 0.397. The number of ether oxygens (including phenoxy) is 2. The largest absolute Gasteiger partial charge is 0.502 e. The number of rotatable bonds is 5. The molecule has 0 amide bonds. The van der Waals surface area contributed by atoms with Crippen LogP contribution in [-0.2, 0) is 0 Å². The second-order valence-electron chi connectivity index (χ2n) is 6.22. The van der Waals surface area contributed by atoms with Crippen LogP contribution in [0.25, 0.3) is 10.9 Å². The molecule has 29 heavy (non-hydrogen) atoms. The maximum Gasteiger partial charge on any atom is 0.311 e. The van der Waals surface area contributed by atoms with E-state index < -0.39 is 21.9 Å². The molecule has 0 atom stereocenters. The van der Waals surface area contributed by atoms with Crippen molar-refractivity contribution in [3.8, 4) is 17.2 Å². The van der Waals surface area contributed by atoms with E-state index in [-0.39, 0.29) is 16.8 Å². The summed E-state index contributed by atoms with van der Waals surface area (Å²) in [6.07, 6.45) is 1.18. The normalized spacial score (nSPS) is 11.2. The van der Waals surface area contributed by atoms with Gasteiger partial charge in [0.05, 0.1) is 36.3 Å². The molecule has 0 aliphatic heterocycles. The molecule has 0 fully saturated rings. The zero-order valence-electron chi connectivity index (χ0n) is 16.2. The number of benzene rings is 2. The van der Waals surface area contributed by atoms with Crippen molar-refractivity contribution < 1.29 is 19.5 Å². The van der Waals surface area contributed by atoms with Crippen LogP contribution in [0.5, 0.6) is 17.2 Å². The minimum Gasteiger partial charge on any atom is -0.502 e. The van der Waals surface area contributed by atoms with Gasteiger partial charge in [0.2, 0.25) is 5.75 Å². The van der Waals surface area contributed by atoms with Crippen molar-refractivity contribution in [2.75, 3.05) is 14.2 Å². The van der Waals surface area contributed by atoms with Gasteiger partial charge in [-0.05, 0) is 31.5 Å². The number of hydrogen-bond donors (Lipinski definition) is 1. The molecular formula is C19H18N4O6. The molecule has 0 unspecified atom stereocenters. The van der Waals surface area contributed by atoms with E-state index in [9.17, 15) is 20.0 Å². The lowest BCUT2D eigenvalue weighted by Gasteiger charge is -2.10. The third-order valence-electron chi connectivity index (χ3n) is 4.29. The maximum atomic E-state index is 12.9. The Balaban J connectivity index is 2.16. The summed E-state index contributed by atoms with van der Waals surface area (Å²) in [6, 6.07) is 5.87. The molecule has 10 nitrogen and oxygen atoms in total. The maximum absolute atomic E-state index is 12.9. The van der Waals surface area contributed by atoms with E-state index in [1.165, 1.54) is 38.6 Å². The van der Waals surface area contributed by atoms with Crippen LogP contribution >= 0.6 is 0 Å². The second-order valence-corrected chi connectivity index (χ2v) is 6.22. The summed E-state index contributed by atoms with van der Waals surface area (Å²) in [7, 11) is 2.94. The van der Waals surface area contributed by atoms with Crippen LogP contribution in [0.2, 0.25) is 0 Å². The molecule has 150 valence electrons. The van der Waals surface area contributed by atoms with E-state index >= 15 is 0 Å². The van der Waals surface area contributed by atoms with E-state index in [2.05, 4.69) is 10.1 Å². The molecular weight excluding hydrogens is 380 g/mol. The summed E-state index contributed by atoms with van der Waals surface area (Å²) in [4.78, 5) is 27.7. The van der Waals surface area contributed by atoms with Gasteiger partial charge in [0.1, 0.15) is 5.82 Å². The average Bonchev–Trinajstić information content (AvgIpc) is 2.68. The van der Waals surface area contributed by atoms with Gasteiger partial charge in [-0.1, -0.05) is 0 Å². The third kappa shape index (κ3) is 3.59. The first-order chi connectivity index (χ1) is 13.8. The van der Waals surface area contributed by atoms with Gasteiger partial charge in [0.25, 0.3) is 5.56 Å². The molecule has 0 radical (unpaired) electrons. The predicted octanol–water partition coefficient (Wildman–Crippen LogP) is 2.53. The average molecular weight is 398 g/mol. The van der Waals surface area contributed by atoms with Gasteiger partial charge in [0, 0.05) is 17.7 Å². The lowest BCUT2D eigenvalue weighted by atomic mass is 10.1. The highest BCUT2D eigenvalue weighted by molar-refractivity contribution is 5.86. The Morgan fingerprint density at radius 2 is 1.83 bits per heavy atom. The first-order valence-electron chi connectivity index (χ1n) is 8.44. The number of nitro groups is 1. The second kappa shape index (κ2) is 7.58. The van der Waals surface area contributed by atoms with E-state index in [4.69, 9.17) is 9.47 Å². The first kappa shape index (κ1) is 19.8. The van der Waals surface area contributed by atoms with Gasteiger partial charge in [-0.3, -0.25) is 14.9 Å². The summed E-state index contributed by atoms with van der Waals surface area (Å²) in [5.74, 6) is 0.553. The fourth-order valence-electron chi connectivity index (χ4n) is 2.90. The Bertz CT molecular complexity index is 1220. The minimum absolute atomic E-state index is 0.107. The molecule has 1 heterocycles. The van der Waals surface area contributed by atoms with Crippen molar-refractivity contribution in [3.05, 3.63) is 61.7 Å². The number of aryl methyl sites for hydroxylation is 2. The number of aromatic nitrogens is 2. The Kier molecular flexibility index (Phi) is 5.18. The highest BCUT2D eigenvalue weighted by Crippen LogP contribution is 2.31. The zero-order valence-corrected chi connectivity index (χ0v) is 16.2. The summed E-state index contributed by atoms with van der Waals surface area (Å²) < 4.78 is 11.5. The number of nitrogens with zero attached hydrogens (tertiary/aromatic N) is 4. The van der Waals surface area contributed by atoms with E-state index in [0.717, 1.165) is 4.68 Å². The van der Waals surface area contributed by atoms with Crippen LogP contribution in [0.3, 0.4) is 0 Å². The standard InChI is InChI=1S/C19H18N4O6/c1-10-5-12(18(24)15(6-10)23(26)27)9-20-22-11(2)21-14-8-17(29-4)16(28-3)7-13(14)19(22)25/h5-9,24H,1-4H3. The minimum atomic E-state index is -0.686. The molecule has 10 heteroatoms. The van der Waals surface area contributed by atoms with Gasteiger partial charge in [-0.2, -0.15) is 9.78 Å². The number of fused-ring (bicyclic) bond motifs is 1. The molecule has 0 bridgehead atoms. The lowest BCUT2D eigenvalue weighted by Crippen LogP contribution is -2.20. The molecule has 0 spiro atoms. The van der Waals surface area contributed by atoms with Crippen molar-refractivity contribution in [1.29, 1.82) is 0 Å². The van der Waals surface area contributed by atoms with Gasteiger partial charge < -0.3 is 14.6 Å². The number of aromatic hydroxyl groups is 1. The van der Waals surface area contributed by atoms with Crippen molar-refractivity contribution in [2.45, 2.75) is 13.8 Å². The monoisotopic (exact) mass is 398 g/mol. The van der Waals surface area contributed by atoms with Crippen molar-refractivity contribution >= 4 is 22.8 Å². The fraction of sp³-hybridized carbons (Fsp3) is 0.211. The number of nitro benzene ring substituents is 1. The van der Waals surface area contributed by atoms with Crippen molar-refractivity contribution in [3.63, 3.8) is 0 Å². The highest BCUT2D eigenvalue weighted by atomic mass is 16.6. The fourth-order valence-corrected chi connectivity index (χ4v) is 2.90. The van der Waals surface area contributed by atoms with Crippen LogP contribution in [-0.4, -0.2) is 40.1 Å². The summed E-state index contributed by atoms with van der Waals surface area (Å²) >= 11 is 0. The van der Waals surface area contributed by atoms with E-state index in [1.54, 1.807) is 19.9 Å². The molecule has 0 aliphatic rings. The van der Waals surface area contributed by atoms with Crippen LogP contribution < -0.4 is 15.0 Å². The summed E-state index contributed by atoms with van der Waals surface area (Å²) in [5.41, 5.74) is 0.171. The number of hydrogen-bond acceptors (Lipinski definition) is 8. The molecule has 3 aromatic rings. The molecule has 3 rings (SSSR count). The van der Waals surface area contributed by atoms with Gasteiger partial charge >= 0.3 is 5.69 Å². The Morgan fingerprint density at radius 1 is 1.17 bits per heavy atom. The third-order valence-corrected chi connectivity index (χ3v) is 4.29. The van der Waals surface area contributed by atoms with Gasteiger partial charge in [-0.15, -0.1) is 0 Å². The van der Waals surface area contributed by atoms with Crippen LogP contribution in [0.15, 0.2) is 34.2 Å². The molecule has 1 N–H and O–H groups in total. The Morgan fingerprint density at radius 3 is 2.45 bits per heavy atom. The predicted molar refractivity (Wildman–Crippen MR) is 106 cm³/mol. The summed E-state index contributed by atoms with van der Waals surface area (Å²) in [6.45, 7) is 3.24. The number of methoxy groups -OCH3 is 2. The molecule has 0 saturated heterocycles. The smallest absolute Gasteiger partial charge is 0.311 e. The molecule has 0 aliphatic carbocycles. The molecule has 1 aromatic heterocycles. The molecule has 0 saturated carbocycles. The van der Waals surface area contributed by atoms with E-state index in [1.807, 2.05) is 0 Å². The SMILES string of the molecule is COc1cc2nc(C)n(N=Cc3cc(C)cc([N+](=O)[O-])c3O)c(=O)c2cc1OC. The van der Waals surface area contributed by atoms with Crippen molar-refractivity contribution in [2.24, 2.45) is 5.10 Å². The molecule has 2 aromatic carbocycles. The van der Waals surface area contributed by atoms with Crippen LogP contribution in [0.1, 0.15) is 17.0 Å². The number of phenols is 1. The highest BCUT2D eigenvalue weighted by Gasteiger charge is 2.18. The topological polar surface area (TPSA) is 129 Å². The first-order valence-corrected chi connectivity index (χ1v) is 8.44. The van der Waals surface area contributed by atoms with Gasteiger partial charge in [-0.25, -0.2) is 4.98 Å². The van der Waals surface area contributed by atoms with Crippen LogP contribution in [0.4, 0.5) is 5.69 Å². The Labute approximate surface area is 164 Å². The van der Waals surface area contributed by atoms with Gasteiger partial charge in [0.15, 0.2) is 11.5 Å². The lowest BCUT2D eigenvalue weighted by molar-refractivity contribution is -0.385. The number of phenolic OH excluding ortho intramolecular Hbond substituents is 1.